The number of aliphatic hydroxyl groups is 1. The molecule has 1 aliphatic carbocycles. The minimum atomic E-state index is -0.392. The molecule has 1 heterocycles. The first-order chi connectivity index (χ1) is 12.2. The van der Waals surface area contributed by atoms with Gasteiger partial charge in [-0.15, -0.1) is 0 Å². The molecule has 2 aliphatic rings. The zero-order valence-electron chi connectivity index (χ0n) is 14.7. The van der Waals surface area contributed by atoms with Crippen LogP contribution in [-0.4, -0.2) is 34.8 Å². The van der Waals surface area contributed by atoms with E-state index in [9.17, 15) is 5.11 Å². The molecule has 2 aromatic carbocycles. The van der Waals surface area contributed by atoms with Crippen molar-refractivity contribution < 1.29 is 9.84 Å². The van der Waals surface area contributed by atoms with E-state index in [1.54, 1.807) is 0 Å². The van der Waals surface area contributed by atoms with Crippen LogP contribution in [0, 0.1) is 0 Å². The first-order valence-corrected chi connectivity index (χ1v) is 9.45. The van der Waals surface area contributed by atoms with E-state index in [0.29, 0.717) is 12.6 Å². The van der Waals surface area contributed by atoms with Crippen molar-refractivity contribution in [3.63, 3.8) is 0 Å². The van der Waals surface area contributed by atoms with E-state index in [1.165, 1.54) is 17.5 Å². The van der Waals surface area contributed by atoms with Crippen LogP contribution in [0.5, 0.6) is 5.75 Å². The van der Waals surface area contributed by atoms with E-state index in [4.69, 9.17) is 4.74 Å². The second-order valence-corrected chi connectivity index (χ2v) is 7.46. The fourth-order valence-corrected chi connectivity index (χ4v) is 3.94. The van der Waals surface area contributed by atoms with Crippen LogP contribution in [0.2, 0.25) is 0 Å². The van der Waals surface area contributed by atoms with Gasteiger partial charge >= 0.3 is 0 Å². The Balaban J connectivity index is 1.28. The molecule has 132 valence electrons. The van der Waals surface area contributed by atoms with Crippen molar-refractivity contribution in [2.45, 2.75) is 50.3 Å². The van der Waals surface area contributed by atoms with Gasteiger partial charge in [0.15, 0.2) is 0 Å². The SMILES string of the molecule is OC1(C2CCCN2Cc2ccc(OCCc3ccccc3)cc2)CC1. The Morgan fingerprint density at radius 1 is 1.00 bits per heavy atom. The minimum absolute atomic E-state index is 0.356. The molecule has 4 rings (SSSR count). The van der Waals surface area contributed by atoms with Crippen molar-refractivity contribution in [2.24, 2.45) is 0 Å². The summed E-state index contributed by atoms with van der Waals surface area (Å²) < 4.78 is 5.87. The molecule has 0 amide bonds. The zero-order valence-corrected chi connectivity index (χ0v) is 14.7. The van der Waals surface area contributed by atoms with Crippen LogP contribution >= 0.6 is 0 Å². The van der Waals surface area contributed by atoms with Gasteiger partial charge in [0.05, 0.1) is 12.2 Å². The standard InChI is InChI=1S/C22H27NO2/c24-22(13-14-22)21-7-4-15-23(21)17-19-8-10-20(11-9-19)25-16-12-18-5-2-1-3-6-18/h1-3,5-6,8-11,21,24H,4,7,12-17H2. The van der Waals surface area contributed by atoms with Crippen molar-refractivity contribution in [1.82, 2.24) is 4.90 Å². The van der Waals surface area contributed by atoms with Gasteiger partial charge in [-0.2, -0.15) is 0 Å². The third kappa shape index (κ3) is 4.05. The Kier molecular flexibility index (Phi) is 4.78. The summed E-state index contributed by atoms with van der Waals surface area (Å²) in [4.78, 5) is 2.46. The molecule has 3 heteroatoms. The minimum Gasteiger partial charge on any atom is -0.493 e. The van der Waals surface area contributed by atoms with Crippen molar-refractivity contribution in [2.75, 3.05) is 13.2 Å². The molecule has 2 fully saturated rings. The van der Waals surface area contributed by atoms with Gasteiger partial charge in [0.25, 0.3) is 0 Å². The summed E-state index contributed by atoms with van der Waals surface area (Å²) in [5, 5.41) is 10.5. The Morgan fingerprint density at radius 3 is 2.48 bits per heavy atom. The maximum Gasteiger partial charge on any atom is 0.119 e. The van der Waals surface area contributed by atoms with Gasteiger partial charge in [0.2, 0.25) is 0 Å². The molecule has 1 saturated heterocycles. The van der Waals surface area contributed by atoms with Crippen LogP contribution in [0.25, 0.3) is 0 Å². The summed E-state index contributed by atoms with van der Waals surface area (Å²) in [7, 11) is 0. The highest BCUT2D eigenvalue weighted by Crippen LogP contribution is 2.44. The lowest BCUT2D eigenvalue weighted by atomic mass is 10.1. The lowest BCUT2D eigenvalue weighted by molar-refractivity contribution is 0.0481. The van der Waals surface area contributed by atoms with Gasteiger partial charge in [0, 0.05) is 19.0 Å². The summed E-state index contributed by atoms with van der Waals surface area (Å²) in [6.07, 6.45) is 5.21. The molecule has 2 aromatic rings. The highest BCUT2D eigenvalue weighted by Gasteiger charge is 2.51. The highest BCUT2D eigenvalue weighted by molar-refractivity contribution is 5.27. The maximum atomic E-state index is 10.5. The van der Waals surface area contributed by atoms with Gasteiger partial charge in [-0.3, -0.25) is 4.90 Å². The fraction of sp³-hybridized carbons (Fsp3) is 0.455. The number of rotatable bonds is 7. The Bertz CT molecular complexity index is 679. The van der Waals surface area contributed by atoms with Gasteiger partial charge in [-0.1, -0.05) is 42.5 Å². The van der Waals surface area contributed by atoms with E-state index in [2.05, 4.69) is 53.4 Å². The number of hydrogen-bond donors (Lipinski definition) is 1. The van der Waals surface area contributed by atoms with E-state index >= 15 is 0 Å². The first-order valence-electron chi connectivity index (χ1n) is 9.45. The second-order valence-electron chi connectivity index (χ2n) is 7.46. The van der Waals surface area contributed by atoms with Gasteiger partial charge in [0.1, 0.15) is 5.75 Å². The molecule has 1 unspecified atom stereocenters. The highest BCUT2D eigenvalue weighted by atomic mass is 16.5. The summed E-state index contributed by atoms with van der Waals surface area (Å²) in [6, 6.07) is 19.2. The number of benzene rings is 2. The molecule has 25 heavy (non-hydrogen) atoms. The summed E-state index contributed by atoms with van der Waals surface area (Å²) >= 11 is 0. The van der Waals surface area contributed by atoms with Crippen LogP contribution in [0.1, 0.15) is 36.8 Å². The molecule has 0 bridgehead atoms. The van der Waals surface area contributed by atoms with Crippen molar-refractivity contribution in [3.8, 4) is 5.75 Å². The van der Waals surface area contributed by atoms with Gasteiger partial charge < -0.3 is 9.84 Å². The molecule has 1 N–H and O–H groups in total. The molecule has 1 saturated carbocycles. The van der Waals surface area contributed by atoms with Gasteiger partial charge in [-0.25, -0.2) is 0 Å². The summed E-state index contributed by atoms with van der Waals surface area (Å²) in [6.45, 7) is 2.73. The molecular formula is C22H27NO2. The molecule has 0 aromatic heterocycles. The van der Waals surface area contributed by atoms with Gasteiger partial charge in [-0.05, 0) is 55.5 Å². The molecule has 0 radical (unpaired) electrons. The lowest BCUT2D eigenvalue weighted by Crippen LogP contribution is -2.40. The largest absolute Gasteiger partial charge is 0.493 e. The molecular weight excluding hydrogens is 310 g/mol. The molecule has 3 nitrogen and oxygen atoms in total. The molecule has 0 spiro atoms. The Labute approximate surface area is 150 Å². The smallest absolute Gasteiger partial charge is 0.119 e. The second kappa shape index (κ2) is 7.19. The van der Waals surface area contributed by atoms with Crippen LogP contribution in [0.3, 0.4) is 0 Å². The van der Waals surface area contributed by atoms with Crippen molar-refractivity contribution >= 4 is 0 Å². The van der Waals surface area contributed by atoms with Crippen LogP contribution in [0.15, 0.2) is 54.6 Å². The van der Waals surface area contributed by atoms with E-state index < -0.39 is 5.60 Å². The monoisotopic (exact) mass is 337 g/mol. The third-order valence-corrected chi connectivity index (χ3v) is 5.56. The summed E-state index contributed by atoms with van der Waals surface area (Å²) in [5.74, 6) is 0.929. The lowest BCUT2D eigenvalue weighted by Gasteiger charge is -2.28. The fourth-order valence-electron chi connectivity index (χ4n) is 3.94. The molecule has 1 atom stereocenters. The average molecular weight is 337 g/mol. The topological polar surface area (TPSA) is 32.7 Å². The zero-order chi connectivity index (χ0) is 17.1. The Hall–Kier alpha value is -1.84. The van der Waals surface area contributed by atoms with Crippen LogP contribution in [0.4, 0.5) is 0 Å². The van der Waals surface area contributed by atoms with E-state index in [-0.39, 0.29) is 0 Å². The first kappa shape index (κ1) is 16.6. The average Bonchev–Trinajstić information content (AvgIpc) is 3.21. The van der Waals surface area contributed by atoms with E-state index in [1.807, 2.05) is 6.07 Å². The van der Waals surface area contributed by atoms with E-state index in [0.717, 1.165) is 44.5 Å². The maximum absolute atomic E-state index is 10.5. The predicted molar refractivity (Wildman–Crippen MR) is 99.7 cm³/mol. The predicted octanol–water partition coefficient (Wildman–Crippen LogP) is 3.80. The molecule has 1 aliphatic heterocycles. The third-order valence-electron chi connectivity index (χ3n) is 5.56. The van der Waals surface area contributed by atoms with Crippen molar-refractivity contribution in [3.05, 3.63) is 65.7 Å². The number of nitrogens with zero attached hydrogens (tertiary/aromatic N) is 1. The number of ether oxygens (including phenoxy) is 1. The normalized spacial score (nSPS) is 22.0. The summed E-state index contributed by atoms with van der Waals surface area (Å²) in [5.41, 5.74) is 2.21. The number of likely N-dealkylation sites (tertiary alicyclic amines) is 1. The quantitative estimate of drug-likeness (QED) is 0.834. The van der Waals surface area contributed by atoms with Crippen molar-refractivity contribution in [1.29, 1.82) is 0 Å². The van der Waals surface area contributed by atoms with Crippen LogP contribution < -0.4 is 4.74 Å². The number of hydrogen-bond acceptors (Lipinski definition) is 3. The Morgan fingerprint density at radius 2 is 1.76 bits per heavy atom. The van der Waals surface area contributed by atoms with Crippen LogP contribution in [-0.2, 0) is 13.0 Å².